The van der Waals surface area contributed by atoms with Gasteiger partial charge in [-0.2, -0.15) is 0 Å². The van der Waals surface area contributed by atoms with Crippen molar-refractivity contribution in [1.29, 1.82) is 0 Å². The van der Waals surface area contributed by atoms with Crippen molar-refractivity contribution in [2.24, 2.45) is 0 Å². The van der Waals surface area contributed by atoms with E-state index >= 15 is 0 Å². The number of rotatable bonds is 2. The Morgan fingerprint density at radius 3 is 1.89 bits per heavy atom. The zero-order valence-electron chi connectivity index (χ0n) is 18.6. The Morgan fingerprint density at radius 2 is 1.33 bits per heavy atom. The van der Waals surface area contributed by atoms with Crippen LogP contribution in [0.3, 0.4) is 0 Å². The molecule has 0 radical (unpaired) electrons. The van der Waals surface area contributed by atoms with E-state index in [0.717, 1.165) is 6.42 Å². The molecule has 0 fully saturated rings. The molecule has 0 saturated heterocycles. The van der Waals surface area contributed by atoms with E-state index < -0.39 is 23.5 Å². The Morgan fingerprint density at radius 1 is 0.741 bits per heavy atom. The van der Waals surface area contributed by atoms with E-state index in [0.29, 0.717) is 0 Å². The van der Waals surface area contributed by atoms with Crippen LogP contribution in [0.5, 0.6) is 0 Å². The Labute approximate surface area is 178 Å². The molecule has 1 N–H and O–H groups in total. The van der Waals surface area contributed by atoms with Crippen molar-refractivity contribution < 1.29 is 23.5 Å². The molecule has 0 saturated carbocycles. The van der Waals surface area contributed by atoms with Crippen LogP contribution in [-0.4, -0.2) is 5.54 Å². The standard InChI is InChI=1S/C21H25.C4H10N.Zr/c1-20(2,3)16-9-7-14-11-15-8-10-17(21(4,5)6)13-19(15)18(14)12-16;1-4(2,3)5;/h7,9-10,12-13H,11H2,1-6H3;5H,1-3H3;/q;-1;+1. The normalized spacial score (nSPS) is 14.1. The van der Waals surface area contributed by atoms with Crippen LogP contribution in [0.25, 0.3) is 11.1 Å². The summed E-state index contributed by atoms with van der Waals surface area (Å²) < 4.78 is 5.51. The summed E-state index contributed by atoms with van der Waals surface area (Å²) in [6, 6.07) is 12.2. The zero-order valence-corrected chi connectivity index (χ0v) is 21.1. The first-order chi connectivity index (χ1) is 12.3. The minimum absolute atomic E-state index is 0.176. The number of hydrogen-bond donors (Lipinski definition) is 1. The zero-order chi connectivity index (χ0) is 20.2. The minimum atomic E-state index is -0.842. The first-order valence-corrected chi connectivity index (χ1v) is 12.6. The van der Waals surface area contributed by atoms with Crippen molar-refractivity contribution in [3.63, 3.8) is 0 Å². The van der Waals surface area contributed by atoms with Gasteiger partial charge in [0.15, 0.2) is 0 Å². The molecule has 2 aromatic rings. The van der Waals surface area contributed by atoms with Crippen molar-refractivity contribution in [2.45, 2.75) is 85.1 Å². The van der Waals surface area contributed by atoms with Gasteiger partial charge >= 0.3 is 179 Å². The number of nitrogens with one attached hydrogen (secondary N) is 1. The fourth-order valence-electron chi connectivity index (χ4n) is 3.54. The molecule has 2 aromatic carbocycles. The van der Waals surface area contributed by atoms with Gasteiger partial charge in [0.2, 0.25) is 0 Å². The van der Waals surface area contributed by atoms with E-state index in [9.17, 15) is 0 Å². The Kier molecular flexibility index (Phi) is 5.41. The fourth-order valence-corrected chi connectivity index (χ4v) is 6.27. The van der Waals surface area contributed by atoms with Crippen molar-refractivity contribution >= 4 is 3.27 Å². The van der Waals surface area contributed by atoms with E-state index in [1.807, 2.05) is 0 Å². The monoisotopic (exact) mass is 439 g/mol. The van der Waals surface area contributed by atoms with E-state index in [1.54, 1.807) is 8.83 Å². The molecule has 0 aromatic heterocycles. The second-order valence-electron chi connectivity index (χ2n) is 11.1. The summed E-state index contributed by atoms with van der Waals surface area (Å²) >= 11 is -0.842. The second kappa shape index (κ2) is 6.96. The van der Waals surface area contributed by atoms with Gasteiger partial charge in [-0.25, -0.2) is 0 Å². The summed E-state index contributed by atoms with van der Waals surface area (Å²) in [6.45, 7) is 20.8. The third-order valence-electron chi connectivity index (χ3n) is 5.32. The van der Waals surface area contributed by atoms with Crippen LogP contribution in [-0.2, 0) is 40.8 Å². The molecule has 0 bridgehead atoms. The van der Waals surface area contributed by atoms with Gasteiger partial charge in [-0.05, 0) is 0 Å². The molecular weight excluding hydrogens is 406 g/mol. The molecule has 0 heterocycles. The van der Waals surface area contributed by atoms with Crippen molar-refractivity contribution in [2.75, 3.05) is 0 Å². The van der Waals surface area contributed by atoms with Crippen LogP contribution in [0, 0.1) is 0 Å². The van der Waals surface area contributed by atoms with Crippen LogP contribution >= 0.6 is 0 Å². The van der Waals surface area contributed by atoms with Gasteiger partial charge < -0.3 is 0 Å². The van der Waals surface area contributed by atoms with E-state index in [4.69, 9.17) is 0 Å². The van der Waals surface area contributed by atoms with Crippen molar-refractivity contribution in [3.05, 3.63) is 52.6 Å². The van der Waals surface area contributed by atoms with Gasteiger partial charge in [-0.3, -0.25) is 0 Å². The first kappa shape index (κ1) is 21.0. The summed E-state index contributed by atoms with van der Waals surface area (Å²) in [5.74, 6) is 0. The molecule has 1 aliphatic rings. The topological polar surface area (TPSA) is 12.0 Å². The van der Waals surface area contributed by atoms with Crippen LogP contribution < -0.4 is 6.53 Å². The molecule has 0 atom stereocenters. The molecule has 27 heavy (non-hydrogen) atoms. The molecule has 0 unspecified atom stereocenters. The third-order valence-corrected chi connectivity index (χ3v) is 9.23. The maximum absolute atomic E-state index is 3.88. The van der Waals surface area contributed by atoms with Gasteiger partial charge in [0.1, 0.15) is 0 Å². The molecule has 0 spiro atoms. The summed E-state index contributed by atoms with van der Waals surface area (Å²) in [7, 11) is 0. The van der Waals surface area contributed by atoms with Gasteiger partial charge in [0.25, 0.3) is 0 Å². The average molecular weight is 441 g/mol. The average Bonchev–Trinajstić information content (AvgIpc) is 2.88. The van der Waals surface area contributed by atoms with E-state index in [2.05, 4.69) is 95.9 Å². The van der Waals surface area contributed by atoms with Crippen molar-refractivity contribution in [3.8, 4) is 11.1 Å². The molecule has 0 aliphatic heterocycles. The quantitative estimate of drug-likeness (QED) is 0.526. The molecule has 1 aliphatic carbocycles. The SMILES string of the molecule is CC(C)(C)[NH][Zr][c]1cc(C(C)(C)C)cc2c1Cc1ccc(C(C)(C)C)cc1-2. The molecular formula is C25H35NZr. The predicted molar refractivity (Wildman–Crippen MR) is 115 cm³/mol. The van der Waals surface area contributed by atoms with Crippen LogP contribution in [0.4, 0.5) is 0 Å². The number of fused-ring (bicyclic) bond motifs is 3. The molecule has 0 amide bonds. The van der Waals surface area contributed by atoms with E-state index in [-0.39, 0.29) is 16.4 Å². The molecule has 2 heteroatoms. The second-order valence-corrected chi connectivity index (χ2v) is 13.7. The van der Waals surface area contributed by atoms with Gasteiger partial charge in [-0.1, -0.05) is 0 Å². The maximum atomic E-state index is 3.88. The number of hydrogen-bond acceptors (Lipinski definition) is 1. The molecule has 144 valence electrons. The molecule has 3 rings (SSSR count). The summed E-state index contributed by atoms with van der Waals surface area (Å²) in [4.78, 5) is 0. The summed E-state index contributed by atoms with van der Waals surface area (Å²) in [6.07, 6.45) is 1.10. The Hall–Kier alpha value is -0.717. The fraction of sp³-hybridized carbons (Fsp3) is 0.520. The van der Waals surface area contributed by atoms with Crippen LogP contribution in [0.1, 0.15) is 84.6 Å². The Balaban J connectivity index is 2.14. The van der Waals surface area contributed by atoms with E-state index in [1.165, 1.54) is 27.8 Å². The predicted octanol–water partition coefficient (Wildman–Crippen LogP) is 5.86. The van der Waals surface area contributed by atoms with Crippen LogP contribution in [0.2, 0.25) is 0 Å². The van der Waals surface area contributed by atoms with Crippen molar-refractivity contribution in [1.82, 2.24) is 3.26 Å². The van der Waals surface area contributed by atoms with Crippen LogP contribution in [0.15, 0.2) is 30.3 Å². The van der Waals surface area contributed by atoms with Gasteiger partial charge in [0, 0.05) is 0 Å². The van der Waals surface area contributed by atoms with Gasteiger partial charge in [0.05, 0.1) is 0 Å². The third kappa shape index (κ3) is 4.65. The summed E-state index contributed by atoms with van der Waals surface area (Å²) in [5, 5.41) is 0. The number of benzene rings is 2. The van der Waals surface area contributed by atoms with Gasteiger partial charge in [-0.15, -0.1) is 0 Å². The first-order valence-electron chi connectivity index (χ1n) is 10.1. The summed E-state index contributed by atoms with van der Waals surface area (Å²) in [5.41, 5.74) is 9.53. The Bertz CT molecular complexity index is 858. The molecule has 1 nitrogen and oxygen atoms in total.